The number of aromatic nitrogens is 2. The van der Waals surface area contributed by atoms with Gasteiger partial charge in [0.25, 0.3) is 5.69 Å². The quantitative estimate of drug-likeness (QED) is 0.690. The largest absolute Gasteiger partial charge is 0.300 e. The number of hydrogen-bond acceptors (Lipinski definition) is 6. The zero-order valence-electron chi connectivity index (χ0n) is 10.9. The van der Waals surface area contributed by atoms with Crippen molar-refractivity contribution in [2.45, 2.75) is 13.8 Å². The van der Waals surface area contributed by atoms with Crippen molar-refractivity contribution in [2.24, 2.45) is 5.92 Å². The first kappa shape index (κ1) is 14.1. The normalized spacial score (nSPS) is 10.6. The summed E-state index contributed by atoms with van der Waals surface area (Å²) in [4.78, 5) is 21.8. The van der Waals surface area contributed by atoms with Gasteiger partial charge in [0.2, 0.25) is 11.0 Å². The minimum atomic E-state index is -0.466. The summed E-state index contributed by atoms with van der Waals surface area (Å²) in [5, 5.41) is 22.1. The van der Waals surface area contributed by atoms with Gasteiger partial charge in [-0.3, -0.25) is 14.9 Å². The molecule has 0 radical (unpaired) electrons. The Morgan fingerprint density at radius 1 is 1.40 bits per heavy atom. The van der Waals surface area contributed by atoms with Crippen LogP contribution in [0.4, 0.5) is 10.8 Å². The van der Waals surface area contributed by atoms with Crippen LogP contribution >= 0.6 is 11.3 Å². The Bertz CT molecular complexity index is 654. The van der Waals surface area contributed by atoms with Gasteiger partial charge < -0.3 is 5.32 Å². The number of benzene rings is 1. The zero-order valence-corrected chi connectivity index (χ0v) is 11.7. The summed E-state index contributed by atoms with van der Waals surface area (Å²) in [5.74, 6) is -0.299. The highest BCUT2D eigenvalue weighted by atomic mass is 32.1. The summed E-state index contributed by atoms with van der Waals surface area (Å²) in [5.41, 5.74) is 0.590. The van der Waals surface area contributed by atoms with Gasteiger partial charge in [0.15, 0.2) is 0 Å². The van der Waals surface area contributed by atoms with E-state index in [1.54, 1.807) is 26.0 Å². The lowest BCUT2D eigenvalue weighted by molar-refractivity contribution is -0.384. The first-order valence-electron chi connectivity index (χ1n) is 5.86. The van der Waals surface area contributed by atoms with Gasteiger partial charge in [0.05, 0.1) is 4.92 Å². The second-order valence-electron chi connectivity index (χ2n) is 4.36. The highest BCUT2D eigenvalue weighted by molar-refractivity contribution is 7.18. The van der Waals surface area contributed by atoms with E-state index in [2.05, 4.69) is 15.5 Å². The third-order valence-corrected chi connectivity index (χ3v) is 3.37. The van der Waals surface area contributed by atoms with Crippen molar-refractivity contribution in [1.29, 1.82) is 0 Å². The first-order chi connectivity index (χ1) is 9.47. The summed E-state index contributed by atoms with van der Waals surface area (Å²) in [6.07, 6.45) is 0. The predicted octanol–water partition coefficient (Wildman–Crippen LogP) is 2.71. The molecule has 2 rings (SSSR count). The molecular weight excluding hydrogens is 280 g/mol. The van der Waals surface area contributed by atoms with E-state index in [-0.39, 0.29) is 17.5 Å². The molecule has 7 nitrogen and oxygen atoms in total. The van der Waals surface area contributed by atoms with Crippen LogP contribution in [0.1, 0.15) is 13.8 Å². The maximum Gasteiger partial charge on any atom is 0.270 e. The molecule has 104 valence electrons. The fourth-order valence-corrected chi connectivity index (χ4v) is 2.14. The van der Waals surface area contributed by atoms with E-state index in [1.165, 1.54) is 23.5 Å². The molecule has 2 aromatic rings. The van der Waals surface area contributed by atoms with Crippen LogP contribution in [-0.2, 0) is 4.79 Å². The van der Waals surface area contributed by atoms with Gasteiger partial charge >= 0.3 is 0 Å². The smallest absolute Gasteiger partial charge is 0.270 e. The van der Waals surface area contributed by atoms with Crippen molar-refractivity contribution in [1.82, 2.24) is 10.2 Å². The number of nitrogens with one attached hydrogen (secondary N) is 1. The van der Waals surface area contributed by atoms with Crippen LogP contribution in [0.5, 0.6) is 0 Å². The standard InChI is InChI=1S/C12H12N4O3S/c1-7(2)10(17)13-12-15-14-11(20-12)8-4-3-5-9(6-8)16(18)19/h3-7H,1-2H3,(H,13,15,17). The number of anilines is 1. The third-order valence-electron chi connectivity index (χ3n) is 2.48. The second-order valence-corrected chi connectivity index (χ2v) is 5.34. The van der Waals surface area contributed by atoms with E-state index in [4.69, 9.17) is 0 Å². The van der Waals surface area contributed by atoms with Crippen molar-refractivity contribution in [3.8, 4) is 10.6 Å². The van der Waals surface area contributed by atoms with Gasteiger partial charge in [0, 0.05) is 23.6 Å². The molecular formula is C12H12N4O3S. The van der Waals surface area contributed by atoms with Crippen molar-refractivity contribution in [3.63, 3.8) is 0 Å². The van der Waals surface area contributed by atoms with Crippen molar-refractivity contribution in [2.75, 3.05) is 5.32 Å². The molecule has 0 spiro atoms. The van der Waals surface area contributed by atoms with E-state index in [1.807, 2.05) is 0 Å². The average molecular weight is 292 g/mol. The minimum absolute atomic E-state index is 0.00883. The van der Waals surface area contributed by atoms with Crippen LogP contribution in [-0.4, -0.2) is 21.0 Å². The van der Waals surface area contributed by atoms with Gasteiger partial charge in [-0.25, -0.2) is 0 Å². The lowest BCUT2D eigenvalue weighted by Gasteiger charge is -2.02. The molecule has 0 unspecified atom stereocenters. The summed E-state index contributed by atoms with van der Waals surface area (Å²) in [6, 6.07) is 6.13. The number of amides is 1. The molecule has 1 aromatic heterocycles. The number of rotatable bonds is 4. The molecule has 8 heteroatoms. The lowest BCUT2D eigenvalue weighted by Crippen LogP contribution is -2.17. The average Bonchev–Trinajstić information content (AvgIpc) is 2.87. The van der Waals surface area contributed by atoms with E-state index in [0.717, 1.165) is 0 Å². The lowest BCUT2D eigenvalue weighted by atomic mass is 10.2. The monoisotopic (exact) mass is 292 g/mol. The number of nitrogens with zero attached hydrogens (tertiary/aromatic N) is 3. The Morgan fingerprint density at radius 2 is 2.15 bits per heavy atom. The van der Waals surface area contributed by atoms with Crippen molar-refractivity contribution in [3.05, 3.63) is 34.4 Å². The first-order valence-corrected chi connectivity index (χ1v) is 6.68. The Kier molecular flexibility index (Phi) is 4.04. The minimum Gasteiger partial charge on any atom is -0.300 e. The third kappa shape index (κ3) is 3.15. The summed E-state index contributed by atoms with van der Waals surface area (Å²) in [6.45, 7) is 3.55. The second kappa shape index (κ2) is 5.74. The number of nitro groups is 1. The fraction of sp³-hybridized carbons (Fsp3) is 0.250. The number of hydrogen-bond donors (Lipinski definition) is 1. The molecule has 20 heavy (non-hydrogen) atoms. The highest BCUT2D eigenvalue weighted by Crippen LogP contribution is 2.28. The van der Waals surface area contributed by atoms with E-state index in [9.17, 15) is 14.9 Å². The van der Waals surface area contributed by atoms with E-state index < -0.39 is 4.92 Å². The predicted molar refractivity (Wildman–Crippen MR) is 75.5 cm³/mol. The molecule has 0 fully saturated rings. The van der Waals surface area contributed by atoms with Gasteiger partial charge in [-0.05, 0) is 0 Å². The fourth-order valence-electron chi connectivity index (χ4n) is 1.39. The molecule has 0 saturated carbocycles. The van der Waals surface area contributed by atoms with Crippen LogP contribution < -0.4 is 5.32 Å². The molecule has 0 saturated heterocycles. The number of carbonyl (C=O) groups is 1. The van der Waals surface area contributed by atoms with Crippen molar-refractivity contribution < 1.29 is 9.72 Å². The Balaban J connectivity index is 2.22. The number of carbonyl (C=O) groups excluding carboxylic acids is 1. The van der Waals surface area contributed by atoms with Gasteiger partial charge in [0.1, 0.15) is 5.01 Å². The maximum absolute atomic E-state index is 11.5. The summed E-state index contributed by atoms with van der Waals surface area (Å²) >= 11 is 1.18. The molecule has 1 heterocycles. The summed E-state index contributed by atoms with van der Waals surface area (Å²) < 4.78 is 0. The van der Waals surface area contributed by atoms with Crippen LogP contribution in [0, 0.1) is 16.0 Å². The molecule has 0 aliphatic rings. The van der Waals surface area contributed by atoms with Gasteiger partial charge in [-0.1, -0.05) is 37.3 Å². The molecule has 0 bridgehead atoms. The Hall–Kier alpha value is -2.35. The van der Waals surface area contributed by atoms with Gasteiger partial charge in [-0.15, -0.1) is 10.2 Å². The van der Waals surface area contributed by atoms with Crippen molar-refractivity contribution >= 4 is 28.1 Å². The summed E-state index contributed by atoms with van der Waals surface area (Å²) in [7, 11) is 0. The van der Waals surface area contributed by atoms with Crippen LogP contribution in [0.3, 0.4) is 0 Å². The van der Waals surface area contributed by atoms with E-state index >= 15 is 0 Å². The van der Waals surface area contributed by atoms with Gasteiger partial charge in [-0.2, -0.15) is 0 Å². The molecule has 0 atom stereocenters. The molecule has 1 N–H and O–H groups in total. The topological polar surface area (TPSA) is 98.0 Å². The van der Waals surface area contributed by atoms with Crippen LogP contribution in [0.15, 0.2) is 24.3 Å². The maximum atomic E-state index is 11.5. The number of nitro benzene ring substituents is 1. The van der Waals surface area contributed by atoms with Crippen LogP contribution in [0.25, 0.3) is 10.6 Å². The zero-order chi connectivity index (χ0) is 14.7. The van der Waals surface area contributed by atoms with Crippen LogP contribution in [0.2, 0.25) is 0 Å². The van der Waals surface area contributed by atoms with E-state index in [0.29, 0.717) is 15.7 Å². The number of non-ortho nitro benzene ring substituents is 1. The Morgan fingerprint density at radius 3 is 2.80 bits per heavy atom. The SMILES string of the molecule is CC(C)C(=O)Nc1nnc(-c2cccc([N+](=O)[O-])c2)s1. The Labute approximate surface area is 118 Å². The molecule has 0 aliphatic heterocycles. The molecule has 0 aliphatic carbocycles. The highest BCUT2D eigenvalue weighted by Gasteiger charge is 2.13. The molecule has 1 aromatic carbocycles. The molecule has 1 amide bonds.